The molecule has 1 heterocycles. The molecule has 68 valence electrons. The quantitative estimate of drug-likeness (QED) is 0.697. The Morgan fingerprint density at radius 1 is 1.58 bits per heavy atom. The van der Waals surface area contributed by atoms with E-state index in [2.05, 4.69) is 4.98 Å². The lowest BCUT2D eigenvalue weighted by atomic mass is 10.3. The topological polar surface area (TPSA) is 22.1 Å². The summed E-state index contributed by atoms with van der Waals surface area (Å²) in [4.78, 5) is 4.07. The van der Waals surface area contributed by atoms with E-state index >= 15 is 0 Å². The molecule has 0 saturated heterocycles. The minimum absolute atomic E-state index is 0. The van der Waals surface area contributed by atoms with Crippen LogP contribution in [0.4, 0.5) is 0 Å². The fraction of sp³-hybridized carbons (Fsp3) is 0.375. The molecule has 1 unspecified atom stereocenters. The van der Waals surface area contributed by atoms with Gasteiger partial charge < -0.3 is 4.74 Å². The van der Waals surface area contributed by atoms with Gasteiger partial charge in [-0.05, 0) is 13.0 Å². The summed E-state index contributed by atoms with van der Waals surface area (Å²) in [5.74, 6) is 0.794. The summed E-state index contributed by atoms with van der Waals surface area (Å²) in [5.41, 5.74) is 0.839. The summed E-state index contributed by atoms with van der Waals surface area (Å²) in [7, 11) is 1.62. The molecule has 0 aromatic carbocycles. The number of alkyl halides is 1. The number of hydrogen-bond acceptors (Lipinski definition) is 2. The SMILES string of the molecule is COc1ccnc(C(C)Cl)c1.Cl. The van der Waals surface area contributed by atoms with Gasteiger partial charge in [-0.2, -0.15) is 0 Å². The van der Waals surface area contributed by atoms with Gasteiger partial charge in [-0.3, -0.25) is 4.98 Å². The standard InChI is InChI=1S/C8H10ClNO.ClH/c1-6(9)8-5-7(11-2)3-4-10-8;/h3-6H,1-2H3;1H. The molecule has 0 spiro atoms. The van der Waals surface area contributed by atoms with Gasteiger partial charge in [-0.15, -0.1) is 24.0 Å². The van der Waals surface area contributed by atoms with Gasteiger partial charge in [0.25, 0.3) is 0 Å². The highest BCUT2D eigenvalue weighted by molar-refractivity contribution is 6.20. The number of ether oxygens (including phenoxy) is 1. The third kappa shape index (κ3) is 2.88. The van der Waals surface area contributed by atoms with E-state index in [1.807, 2.05) is 13.0 Å². The highest BCUT2D eigenvalue weighted by Gasteiger charge is 2.02. The molecule has 1 aromatic heterocycles. The Balaban J connectivity index is 0.00000121. The van der Waals surface area contributed by atoms with Crippen LogP contribution in [0.5, 0.6) is 5.75 Å². The maximum absolute atomic E-state index is 5.81. The molecule has 0 aliphatic heterocycles. The molecule has 0 N–H and O–H groups in total. The number of methoxy groups -OCH3 is 1. The van der Waals surface area contributed by atoms with Crippen LogP contribution in [0.15, 0.2) is 18.3 Å². The van der Waals surface area contributed by atoms with E-state index in [0.717, 1.165) is 11.4 Å². The molecule has 0 saturated carbocycles. The molecule has 2 nitrogen and oxygen atoms in total. The summed E-state index contributed by atoms with van der Waals surface area (Å²) in [6.45, 7) is 1.88. The summed E-state index contributed by atoms with van der Waals surface area (Å²) in [6, 6.07) is 3.63. The van der Waals surface area contributed by atoms with Crippen molar-refractivity contribution in [2.45, 2.75) is 12.3 Å². The number of aromatic nitrogens is 1. The van der Waals surface area contributed by atoms with Gasteiger partial charge in [0.2, 0.25) is 0 Å². The molecular weight excluding hydrogens is 197 g/mol. The fourth-order valence-electron chi connectivity index (χ4n) is 0.772. The minimum atomic E-state index is -0.0647. The first-order valence-electron chi connectivity index (χ1n) is 3.38. The summed E-state index contributed by atoms with van der Waals surface area (Å²) in [6.07, 6.45) is 1.69. The molecule has 4 heteroatoms. The van der Waals surface area contributed by atoms with Crippen molar-refractivity contribution in [2.24, 2.45) is 0 Å². The van der Waals surface area contributed by atoms with E-state index in [9.17, 15) is 0 Å². The lowest BCUT2D eigenvalue weighted by Crippen LogP contribution is -1.91. The van der Waals surface area contributed by atoms with Crippen molar-refractivity contribution in [3.63, 3.8) is 0 Å². The molecule has 1 rings (SSSR count). The van der Waals surface area contributed by atoms with Gasteiger partial charge >= 0.3 is 0 Å². The molecule has 0 fully saturated rings. The van der Waals surface area contributed by atoms with E-state index in [1.54, 1.807) is 19.4 Å². The van der Waals surface area contributed by atoms with Crippen molar-refractivity contribution in [3.8, 4) is 5.75 Å². The monoisotopic (exact) mass is 207 g/mol. The van der Waals surface area contributed by atoms with Crippen LogP contribution in [0.2, 0.25) is 0 Å². The maximum atomic E-state index is 5.81. The largest absolute Gasteiger partial charge is 0.497 e. The summed E-state index contributed by atoms with van der Waals surface area (Å²) in [5, 5.41) is -0.0647. The van der Waals surface area contributed by atoms with E-state index in [0.29, 0.717) is 0 Å². The molecule has 0 amide bonds. The molecule has 0 aliphatic carbocycles. The van der Waals surface area contributed by atoms with Gasteiger partial charge in [0.15, 0.2) is 0 Å². The van der Waals surface area contributed by atoms with Crippen LogP contribution in [-0.2, 0) is 0 Å². The summed E-state index contributed by atoms with van der Waals surface area (Å²) < 4.78 is 5.01. The predicted molar refractivity (Wildman–Crippen MR) is 52.3 cm³/mol. The Bertz CT molecular complexity index is 240. The Morgan fingerprint density at radius 2 is 2.25 bits per heavy atom. The second-order valence-corrected chi connectivity index (χ2v) is 2.89. The Morgan fingerprint density at radius 3 is 2.75 bits per heavy atom. The van der Waals surface area contributed by atoms with Crippen molar-refractivity contribution >= 4 is 24.0 Å². The Kier molecular flexibility index (Phi) is 5.02. The zero-order chi connectivity index (χ0) is 8.27. The van der Waals surface area contributed by atoms with Gasteiger partial charge in [0.1, 0.15) is 5.75 Å². The van der Waals surface area contributed by atoms with Crippen LogP contribution in [-0.4, -0.2) is 12.1 Å². The first-order valence-corrected chi connectivity index (χ1v) is 3.81. The predicted octanol–water partition coefficient (Wildman–Crippen LogP) is 2.81. The molecule has 1 atom stereocenters. The van der Waals surface area contributed by atoms with Crippen molar-refractivity contribution < 1.29 is 4.74 Å². The van der Waals surface area contributed by atoms with Crippen LogP contribution in [0, 0.1) is 0 Å². The average Bonchev–Trinajstić information content (AvgIpc) is 2.05. The van der Waals surface area contributed by atoms with Gasteiger partial charge in [0.05, 0.1) is 18.2 Å². The van der Waals surface area contributed by atoms with E-state index in [4.69, 9.17) is 16.3 Å². The fourth-order valence-corrected chi connectivity index (χ4v) is 0.892. The molecule has 12 heavy (non-hydrogen) atoms. The van der Waals surface area contributed by atoms with Crippen molar-refractivity contribution in [2.75, 3.05) is 7.11 Å². The highest BCUT2D eigenvalue weighted by Crippen LogP contribution is 2.20. The first-order chi connectivity index (χ1) is 5.24. The van der Waals surface area contributed by atoms with Crippen molar-refractivity contribution in [1.82, 2.24) is 4.98 Å². The van der Waals surface area contributed by atoms with Gasteiger partial charge in [0, 0.05) is 12.3 Å². The zero-order valence-electron chi connectivity index (χ0n) is 6.95. The molecule has 0 aliphatic rings. The van der Waals surface area contributed by atoms with Gasteiger partial charge in [-0.1, -0.05) is 0 Å². The highest BCUT2D eigenvalue weighted by atomic mass is 35.5. The van der Waals surface area contributed by atoms with Crippen LogP contribution < -0.4 is 4.74 Å². The normalized spacial score (nSPS) is 11.6. The average molecular weight is 208 g/mol. The zero-order valence-corrected chi connectivity index (χ0v) is 8.52. The van der Waals surface area contributed by atoms with Crippen LogP contribution in [0.1, 0.15) is 18.0 Å². The third-order valence-corrected chi connectivity index (χ3v) is 1.62. The summed E-state index contributed by atoms with van der Waals surface area (Å²) >= 11 is 5.81. The van der Waals surface area contributed by atoms with E-state index in [1.165, 1.54) is 0 Å². The van der Waals surface area contributed by atoms with Crippen LogP contribution >= 0.6 is 24.0 Å². The Hall–Kier alpha value is -0.470. The van der Waals surface area contributed by atoms with Crippen molar-refractivity contribution in [3.05, 3.63) is 24.0 Å². The first kappa shape index (κ1) is 11.5. The second-order valence-electron chi connectivity index (χ2n) is 2.24. The lowest BCUT2D eigenvalue weighted by molar-refractivity contribution is 0.413. The molecular formula is C8H11Cl2NO. The minimum Gasteiger partial charge on any atom is -0.497 e. The number of nitrogens with zero attached hydrogens (tertiary/aromatic N) is 1. The molecule has 0 radical (unpaired) electrons. The van der Waals surface area contributed by atoms with Crippen molar-refractivity contribution in [1.29, 1.82) is 0 Å². The number of hydrogen-bond donors (Lipinski definition) is 0. The number of pyridine rings is 1. The maximum Gasteiger partial charge on any atom is 0.122 e. The smallest absolute Gasteiger partial charge is 0.122 e. The second kappa shape index (κ2) is 5.22. The molecule has 1 aromatic rings. The molecule has 0 bridgehead atoms. The van der Waals surface area contributed by atoms with Crippen LogP contribution in [0.3, 0.4) is 0 Å². The van der Waals surface area contributed by atoms with Crippen LogP contribution in [0.25, 0.3) is 0 Å². The third-order valence-electron chi connectivity index (χ3n) is 1.40. The van der Waals surface area contributed by atoms with Gasteiger partial charge in [-0.25, -0.2) is 0 Å². The van der Waals surface area contributed by atoms with E-state index < -0.39 is 0 Å². The number of rotatable bonds is 2. The number of halogens is 2. The Labute approximate surface area is 83.3 Å². The lowest BCUT2D eigenvalue weighted by Gasteiger charge is -2.03. The van der Waals surface area contributed by atoms with E-state index in [-0.39, 0.29) is 17.8 Å².